The van der Waals surface area contributed by atoms with E-state index >= 15 is 0 Å². The second-order valence-corrected chi connectivity index (χ2v) is 5.54. The minimum atomic E-state index is 0.146. The summed E-state index contributed by atoms with van der Waals surface area (Å²) in [6.45, 7) is 4.27. The van der Waals surface area contributed by atoms with Crippen molar-refractivity contribution in [2.24, 2.45) is 0 Å². The third kappa shape index (κ3) is 3.28. The topological polar surface area (TPSA) is 24.9 Å². The zero-order valence-corrected chi connectivity index (χ0v) is 11.4. The summed E-state index contributed by atoms with van der Waals surface area (Å²) in [4.78, 5) is 4.39. The van der Waals surface area contributed by atoms with Crippen LogP contribution in [0.5, 0.6) is 0 Å². The van der Waals surface area contributed by atoms with Gasteiger partial charge in [-0.2, -0.15) is 0 Å². The van der Waals surface area contributed by atoms with Gasteiger partial charge in [0.1, 0.15) is 5.01 Å². The van der Waals surface area contributed by atoms with Crippen molar-refractivity contribution < 1.29 is 0 Å². The van der Waals surface area contributed by atoms with Crippen LogP contribution in [0, 0.1) is 0 Å². The largest absolute Gasteiger partial charge is 0.302 e. The summed E-state index contributed by atoms with van der Waals surface area (Å²) < 4.78 is 0. The van der Waals surface area contributed by atoms with Crippen LogP contribution in [0.25, 0.3) is 0 Å². The van der Waals surface area contributed by atoms with Gasteiger partial charge in [0.15, 0.2) is 0 Å². The van der Waals surface area contributed by atoms with Crippen LogP contribution >= 0.6 is 22.9 Å². The molecule has 0 saturated carbocycles. The molecule has 1 heterocycles. The van der Waals surface area contributed by atoms with Gasteiger partial charge in [-0.1, -0.05) is 23.7 Å². The Kier molecular flexibility index (Phi) is 4.15. The van der Waals surface area contributed by atoms with Crippen LogP contribution in [0.1, 0.15) is 30.5 Å². The molecule has 17 heavy (non-hydrogen) atoms. The summed E-state index contributed by atoms with van der Waals surface area (Å²) in [5.41, 5.74) is 1.19. The lowest BCUT2D eigenvalue weighted by Gasteiger charge is -2.19. The number of nitrogens with zero attached hydrogens (tertiary/aromatic N) is 1. The molecule has 1 unspecified atom stereocenters. The zero-order valence-electron chi connectivity index (χ0n) is 9.85. The second kappa shape index (κ2) is 5.63. The molecular formula is C13H15ClN2S. The average molecular weight is 267 g/mol. The molecule has 1 aromatic heterocycles. The molecule has 0 bridgehead atoms. The van der Waals surface area contributed by atoms with E-state index in [1.807, 2.05) is 35.8 Å². The van der Waals surface area contributed by atoms with Crippen LogP contribution in [-0.2, 0) is 0 Å². The molecule has 0 radical (unpaired) electrons. The van der Waals surface area contributed by atoms with Crippen LogP contribution < -0.4 is 5.32 Å². The summed E-state index contributed by atoms with van der Waals surface area (Å²) in [6.07, 6.45) is 1.84. The number of thiazole rings is 1. The quantitative estimate of drug-likeness (QED) is 0.908. The molecule has 0 aliphatic carbocycles. The number of benzene rings is 1. The first-order chi connectivity index (χ1) is 8.16. The van der Waals surface area contributed by atoms with Crippen LogP contribution in [0.15, 0.2) is 35.8 Å². The number of halogens is 1. The second-order valence-electron chi connectivity index (χ2n) is 4.18. The molecule has 0 aliphatic rings. The maximum atomic E-state index is 5.91. The van der Waals surface area contributed by atoms with Gasteiger partial charge in [-0.25, -0.2) is 4.98 Å². The molecule has 2 nitrogen and oxygen atoms in total. The number of nitrogens with one attached hydrogen (secondary N) is 1. The van der Waals surface area contributed by atoms with Crippen molar-refractivity contribution in [3.63, 3.8) is 0 Å². The van der Waals surface area contributed by atoms with E-state index in [-0.39, 0.29) is 6.04 Å². The maximum Gasteiger partial charge on any atom is 0.114 e. The molecule has 2 rings (SSSR count). The highest BCUT2D eigenvalue weighted by Crippen LogP contribution is 2.25. The van der Waals surface area contributed by atoms with Crippen molar-refractivity contribution >= 4 is 22.9 Å². The molecule has 0 spiro atoms. The Morgan fingerprint density at radius 2 is 1.94 bits per heavy atom. The van der Waals surface area contributed by atoms with Gasteiger partial charge in [0, 0.05) is 22.6 Å². The number of aromatic nitrogens is 1. The molecule has 1 aromatic carbocycles. The number of hydrogen-bond acceptors (Lipinski definition) is 3. The van der Waals surface area contributed by atoms with E-state index in [0.29, 0.717) is 6.04 Å². The fourth-order valence-electron chi connectivity index (χ4n) is 1.68. The van der Waals surface area contributed by atoms with Crippen molar-refractivity contribution in [3.8, 4) is 0 Å². The van der Waals surface area contributed by atoms with Crippen LogP contribution in [0.4, 0.5) is 0 Å². The van der Waals surface area contributed by atoms with Crippen LogP contribution in [-0.4, -0.2) is 11.0 Å². The molecule has 1 atom stereocenters. The van der Waals surface area contributed by atoms with E-state index in [1.165, 1.54) is 5.56 Å². The Bertz CT molecular complexity index is 451. The smallest absolute Gasteiger partial charge is 0.114 e. The average Bonchev–Trinajstić information content (AvgIpc) is 2.80. The van der Waals surface area contributed by atoms with Gasteiger partial charge in [-0.3, -0.25) is 0 Å². The summed E-state index contributed by atoms with van der Waals surface area (Å²) in [7, 11) is 0. The minimum Gasteiger partial charge on any atom is -0.302 e. The van der Waals surface area contributed by atoms with E-state index < -0.39 is 0 Å². The zero-order chi connectivity index (χ0) is 12.3. The monoisotopic (exact) mass is 266 g/mol. The molecule has 4 heteroatoms. The first-order valence-electron chi connectivity index (χ1n) is 5.57. The minimum absolute atomic E-state index is 0.146. The Morgan fingerprint density at radius 3 is 2.47 bits per heavy atom. The van der Waals surface area contributed by atoms with Gasteiger partial charge in [0.25, 0.3) is 0 Å². The summed E-state index contributed by atoms with van der Waals surface area (Å²) in [6, 6.07) is 8.47. The maximum absolute atomic E-state index is 5.91. The van der Waals surface area contributed by atoms with Gasteiger partial charge in [-0.05, 0) is 31.5 Å². The summed E-state index contributed by atoms with van der Waals surface area (Å²) in [5.74, 6) is 0. The van der Waals surface area contributed by atoms with Crippen molar-refractivity contribution in [3.05, 3.63) is 51.4 Å². The van der Waals surface area contributed by atoms with Gasteiger partial charge >= 0.3 is 0 Å². The van der Waals surface area contributed by atoms with Crippen LogP contribution in [0.3, 0.4) is 0 Å². The van der Waals surface area contributed by atoms with Crippen molar-refractivity contribution in [2.45, 2.75) is 25.9 Å². The summed E-state index contributed by atoms with van der Waals surface area (Å²) in [5, 5.41) is 7.37. The van der Waals surface area contributed by atoms with Crippen molar-refractivity contribution in [2.75, 3.05) is 0 Å². The number of rotatable bonds is 4. The molecule has 0 amide bonds. The van der Waals surface area contributed by atoms with E-state index in [0.717, 1.165) is 10.0 Å². The Morgan fingerprint density at radius 1 is 1.24 bits per heavy atom. The lowest BCUT2D eigenvalue weighted by molar-refractivity contribution is 0.527. The van der Waals surface area contributed by atoms with Gasteiger partial charge < -0.3 is 5.32 Å². The predicted molar refractivity (Wildman–Crippen MR) is 73.7 cm³/mol. The first-order valence-corrected chi connectivity index (χ1v) is 6.83. The normalized spacial score (nSPS) is 12.9. The predicted octanol–water partition coefficient (Wildman–Crippen LogP) is 3.88. The Hall–Kier alpha value is -0.900. The fourth-order valence-corrected chi connectivity index (χ4v) is 2.52. The lowest BCUT2D eigenvalue weighted by Crippen LogP contribution is -2.28. The lowest BCUT2D eigenvalue weighted by atomic mass is 10.1. The first kappa shape index (κ1) is 12.6. The van der Waals surface area contributed by atoms with E-state index in [4.69, 9.17) is 11.6 Å². The molecule has 0 fully saturated rings. The van der Waals surface area contributed by atoms with E-state index in [9.17, 15) is 0 Å². The molecule has 2 aromatic rings. The summed E-state index contributed by atoms with van der Waals surface area (Å²) >= 11 is 7.58. The SMILES string of the molecule is CC(C)NC(c1ccc(Cl)cc1)c1nccs1. The molecule has 0 saturated heterocycles. The molecular weight excluding hydrogens is 252 g/mol. The van der Waals surface area contributed by atoms with Gasteiger partial charge in [0.05, 0.1) is 6.04 Å². The molecule has 0 aliphatic heterocycles. The Balaban J connectivity index is 2.30. The van der Waals surface area contributed by atoms with Crippen molar-refractivity contribution in [1.29, 1.82) is 0 Å². The van der Waals surface area contributed by atoms with E-state index in [1.54, 1.807) is 11.3 Å². The highest BCUT2D eigenvalue weighted by molar-refractivity contribution is 7.09. The van der Waals surface area contributed by atoms with Crippen molar-refractivity contribution in [1.82, 2.24) is 10.3 Å². The van der Waals surface area contributed by atoms with E-state index in [2.05, 4.69) is 24.1 Å². The third-order valence-electron chi connectivity index (χ3n) is 2.40. The third-order valence-corrected chi connectivity index (χ3v) is 3.49. The Labute approximate surface area is 111 Å². The van der Waals surface area contributed by atoms with Crippen LogP contribution in [0.2, 0.25) is 5.02 Å². The van der Waals surface area contributed by atoms with Gasteiger partial charge in [-0.15, -0.1) is 11.3 Å². The van der Waals surface area contributed by atoms with Gasteiger partial charge in [0.2, 0.25) is 0 Å². The molecule has 1 N–H and O–H groups in total. The molecule has 90 valence electrons. The highest BCUT2D eigenvalue weighted by Gasteiger charge is 2.17. The highest BCUT2D eigenvalue weighted by atomic mass is 35.5. The standard InChI is InChI=1S/C13H15ClN2S/c1-9(2)16-12(13-15-7-8-17-13)10-3-5-11(14)6-4-10/h3-9,12,16H,1-2H3. The number of hydrogen-bond donors (Lipinski definition) is 1. The fraction of sp³-hybridized carbons (Fsp3) is 0.308.